The summed E-state index contributed by atoms with van der Waals surface area (Å²) in [4.78, 5) is 19.2. The number of rotatable bonds is 5. The summed E-state index contributed by atoms with van der Waals surface area (Å²) in [6.45, 7) is 3.92. The number of amides is 1. The zero-order valence-corrected chi connectivity index (χ0v) is 20.1. The molecular formula is C25H28N4O4S. The van der Waals surface area contributed by atoms with Gasteiger partial charge in [0, 0.05) is 29.3 Å². The van der Waals surface area contributed by atoms with Crippen LogP contribution in [0.3, 0.4) is 0 Å². The van der Waals surface area contributed by atoms with Crippen molar-refractivity contribution in [3.63, 3.8) is 0 Å². The molecule has 1 fully saturated rings. The van der Waals surface area contributed by atoms with Gasteiger partial charge in [-0.1, -0.05) is 6.07 Å². The summed E-state index contributed by atoms with van der Waals surface area (Å²) in [6.07, 6.45) is 3.38. The van der Waals surface area contributed by atoms with Crippen molar-refractivity contribution in [1.29, 1.82) is 0 Å². The summed E-state index contributed by atoms with van der Waals surface area (Å²) in [5, 5.41) is 3.49. The van der Waals surface area contributed by atoms with E-state index < -0.39 is 21.0 Å². The van der Waals surface area contributed by atoms with Crippen molar-refractivity contribution in [3.05, 3.63) is 53.2 Å². The molecule has 5 rings (SSSR count). The van der Waals surface area contributed by atoms with Crippen LogP contribution >= 0.6 is 0 Å². The van der Waals surface area contributed by atoms with Crippen LogP contribution in [0.4, 0.5) is 11.4 Å². The minimum atomic E-state index is -3.55. The maximum absolute atomic E-state index is 13.6. The highest BCUT2D eigenvalue weighted by Crippen LogP contribution is 2.38. The number of carbonyl (C=O) groups excluding carboxylic acids is 1. The highest BCUT2D eigenvalue weighted by molar-refractivity contribution is 7.92. The first-order chi connectivity index (χ1) is 16.3. The van der Waals surface area contributed by atoms with Crippen molar-refractivity contribution in [2.24, 2.45) is 5.73 Å². The lowest BCUT2D eigenvalue weighted by Gasteiger charge is -2.28. The first-order valence-corrected chi connectivity index (χ1v) is 13.0. The van der Waals surface area contributed by atoms with Crippen LogP contribution in [0.25, 0.3) is 10.9 Å². The van der Waals surface area contributed by atoms with Gasteiger partial charge in [-0.05, 0) is 69.7 Å². The molecule has 0 spiro atoms. The maximum atomic E-state index is 13.6. The van der Waals surface area contributed by atoms with Gasteiger partial charge in [-0.3, -0.25) is 9.78 Å². The zero-order valence-electron chi connectivity index (χ0n) is 19.3. The summed E-state index contributed by atoms with van der Waals surface area (Å²) in [7, 11) is -1.55. The van der Waals surface area contributed by atoms with E-state index >= 15 is 0 Å². The Morgan fingerprint density at radius 1 is 1.24 bits per heavy atom. The zero-order chi connectivity index (χ0) is 24.0. The second-order valence-corrected chi connectivity index (χ2v) is 11.3. The summed E-state index contributed by atoms with van der Waals surface area (Å²) in [6, 6.07) is 9.02. The SMILES string of the molecule is Cc1cc(S(=O)(=O)C2CCN(C)CC2)cc2c(Nc3cccc4c3CCO4)c(C(N)=O)cnc12. The van der Waals surface area contributed by atoms with Gasteiger partial charge >= 0.3 is 0 Å². The number of fused-ring (bicyclic) bond motifs is 2. The number of pyridine rings is 1. The Balaban J connectivity index is 1.67. The molecule has 8 nitrogen and oxygen atoms in total. The third-order valence-electron chi connectivity index (χ3n) is 6.84. The number of nitrogens with one attached hydrogen (secondary N) is 1. The second-order valence-electron chi connectivity index (χ2n) is 9.10. The van der Waals surface area contributed by atoms with Crippen molar-refractivity contribution in [2.45, 2.75) is 36.3 Å². The largest absolute Gasteiger partial charge is 0.493 e. The maximum Gasteiger partial charge on any atom is 0.252 e. The Bertz CT molecular complexity index is 1400. The van der Waals surface area contributed by atoms with E-state index in [1.165, 1.54) is 6.20 Å². The number of aryl methyl sites for hydroxylation is 1. The lowest BCUT2D eigenvalue weighted by Crippen LogP contribution is -2.37. The van der Waals surface area contributed by atoms with Crippen LogP contribution < -0.4 is 15.8 Å². The van der Waals surface area contributed by atoms with Gasteiger partial charge in [0.05, 0.1) is 33.5 Å². The van der Waals surface area contributed by atoms with Gasteiger partial charge in [-0.25, -0.2) is 8.42 Å². The van der Waals surface area contributed by atoms with E-state index in [4.69, 9.17) is 10.5 Å². The summed E-state index contributed by atoms with van der Waals surface area (Å²) in [5.41, 5.74) is 9.52. The number of likely N-dealkylation sites (tertiary alicyclic amines) is 1. The molecular weight excluding hydrogens is 452 g/mol. The molecule has 0 unspecified atom stereocenters. The second kappa shape index (κ2) is 8.56. The third kappa shape index (κ3) is 3.88. The van der Waals surface area contributed by atoms with Crippen LogP contribution in [0, 0.1) is 6.92 Å². The molecule has 9 heteroatoms. The van der Waals surface area contributed by atoms with E-state index in [1.807, 2.05) is 32.2 Å². The van der Waals surface area contributed by atoms with Gasteiger partial charge in [0.25, 0.3) is 5.91 Å². The predicted molar refractivity (Wildman–Crippen MR) is 132 cm³/mol. The lowest BCUT2D eigenvalue weighted by atomic mass is 10.0. The van der Waals surface area contributed by atoms with E-state index in [9.17, 15) is 13.2 Å². The van der Waals surface area contributed by atoms with Gasteiger partial charge in [0.2, 0.25) is 0 Å². The number of primary amides is 1. The van der Waals surface area contributed by atoms with E-state index in [0.29, 0.717) is 36.0 Å². The highest BCUT2D eigenvalue weighted by atomic mass is 32.2. The number of hydrogen-bond donors (Lipinski definition) is 2. The fourth-order valence-electron chi connectivity index (χ4n) is 4.89. The molecule has 0 radical (unpaired) electrons. The number of piperidine rings is 1. The fourth-order valence-corrected chi connectivity index (χ4v) is 6.73. The Kier molecular flexibility index (Phi) is 5.69. The molecule has 0 saturated carbocycles. The van der Waals surface area contributed by atoms with Gasteiger partial charge in [0.1, 0.15) is 5.75 Å². The van der Waals surface area contributed by atoms with Crippen molar-refractivity contribution in [2.75, 3.05) is 32.1 Å². The van der Waals surface area contributed by atoms with Crippen molar-refractivity contribution < 1.29 is 17.9 Å². The molecule has 1 saturated heterocycles. The Hall–Kier alpha value is -3.17. The Labute approximate surface area is 199 Å². The summed E-state index contributed by atoms with van der Waals surface area (Å²) < 4.78 is 32.8. The van der Waals surface area contributed by atoms with Crippen LogP contribution in [-0.4, -0.2) is 56.2 Å². The van der Waals surface area contributed by atoms with E-state index in [2.05, 4.69) is 15.2 Å². The molecule has 34 heavy (non-hydrogen) atoms. The minimum Gasteiger partial charge on any atom is -0.493 e. The molecule has 2 aliphatic heterocycles. The van der Waals surface area contributed by atoms with Crippen LogP contribution in [0.5, 0.6) is 5.75 Å². The molecule has 1 amide bonds. The topological polar surface area (TPSA) is 115 Å². The third-order valence-corrected chi connectivity index (χ3v) is 9.08. The normalized spacial score (nSPS) is 16.9. The number of nitrogens with zero attached hydrogens (tertiary/aromatic N) is 2. The number of carbonyl (C=O) groups is 1. The number of sulfone groups is 1. The minimum absolute atomic E-state index is 0.206. The number of nitrogens with two attached hydrogens (primary N) is 1. The van der Waals surface area contributed by atoms with Crippen molar-refractivity contribution in [3.8, 4) is 5.75 Å². The molecule has 1 aromatic heterocycles. The molecule has 2 aromatic carbocycles. The van der Waals surface area contributed by atoms with Gasteiger partial charge in [-0.2, -0.15) is 0 Å². The first kappa shape index (κ1) is 22.6. The standard InChI is InChI=1S/C25H28N4O4S/c1-15-12-17(34(31,32)16-6-9-29(2)10-7-16)13-19-23(15)27-14-20(25(26)30)24(19)28-21-4-3-5-22-18(21)8-11-33-22/h3-5,12-14,16H,6-11H2,1-2H3,(H2,26,30)(H,27,28). The van der Waals surface area contributed by atoms with Crippen molar-refractivity contribution >= 4 is 38.0 Å². The predicted octanol–water partition coefficient (Wildman–Crippen LogP) is 3.19. The van der Waals surface area contributed by atoms with Gasteiger partial charge < -0.3 is 20.7 Å². The number of aromatic nitrogens is 1. The molecule has 178 valence electrons. The number of ether oxygens (including phenoxy) is 1. The van der Waals surface area contributed by atoms with Crippen LogP contribution in [0.1, 0.15) is 34.3 Å². The smallest absolute Gasteiger partial charge is 0.252 e. The van der Waals surface area contributed by atoms with Gasteiger partial charge in [-0.15, -0.1) is 0 Å². The molecule has 3 aromatic rings. The Morgan fingerprint density at radius 3 is 2.74 bits per heavy atom. The Morgan fingerprint density at radius 2 is 2.00 bits per heavy atom. The lowest BCUT2D eigenvalue weighted by molar-refractivity contribution is 0.100. The molecule has 0 aliphatic carbocycles. The molecule has 0 atom stereocenters. The quantitative estimate of drug-likeness (QED) is 0.576. The number of anilines is 2. The average Bonchev–Trinajstić information content (AvgIpc) is 3.29. The van der Waals surface area contributed by atoms with Crippen molar-refractivity contribution in [1.82, 2.24) is 9.88 Å². The van der Waals surface area contributed by atoms with Crippen LogP contribution in [-0.2, 0) is 16.3 Å². The average molecular weight is 481 g/mol. The van der Waals surface area contributed by atoms with E-state index in [1.54, 1.807) is 12.1 Å². The molecule has 0 bridgehead atoms. The van der Waals surface area contributed by atoms with E-state index in [0.717, 1.165) is 42.1 Å². The monoisotopic (exact) mass is 480 g/mol. The number of hydrogen-bond acceptors (Lipinski definition) is 7. The van der Waals surface area contributed by atoms with Crippen LogP contribution in [0.2, 0.25) is 0 Å². The molecule has 2 aliphatic rings. The van der Waals surface area contributed by atoms with E-state index in [-0.39, 0.29) is 10.5 Å². The highest BCUT2D eigenvalue weighted by Gasteiger charge is 2.31. The fraction of sp³-hybridized carbons (Fsp3) is 0.360. The number of benzene rings is 2. The molecule has 3 N–H and O–H groups in total. The summed E-state index contributed by atoms with van der Waals surface area (Å²) in [5.74, 6) is 0.160. The van der Waals surface area contributed by atoms with Gasteiger partial charge in [0.15, 0.2) is 9.84 Å². The first-order valence-electron chi connectivity index (χ1n) is 11.4. The molecule has 3 heterocycles. The van der Waals surface area contributed by atoms with Crippen LogP contribution in [0.15, 0.2) is 41.4 Å². The summed E-state index contributed by atoms with van der Waals surface area (Å²) >= 11 is 0.